The SMILES string of the molecule is O=C(N[C@H](Cc1csc2ccccc12)C(=O)ON1C(=O)c2ccccc2C1=O)OCC1c2ccccc2-c2ccccc21. The van der Waals surface area contributed by atoms with Crippen molar-refractivity contribution in [3.63, 3.8) is 0 Å². The van der Waals surface area contributed by atoms with Gasteiger partial charge >= 0.3 is 12.1 Å². The zero-order valence-electron chi connectivity index (χ0n) is 22.7. The second kappa shape index (κ2) is 10.8. The normalized spacial score (nSPS) is 14.3. The predicted octanol–water partition coefficient (Wildman–Crippen LogP) is 6.11. The van der Waals surface area contributed by atoms with E-state index in [1.54, 1.807) is 12.1 Å². The standard InChI is InChI=1S/C34H24N2O6S/c37-31-26-14-5-6-15-27(26)32(38)36(31)42-33(39)29(17-20-19-43-30-16-8-7-9-21(20)30)35-34(40)41-18-28-24-12-3-1-10-22(24)23-11-2-4-13-25(23)28/h1-16,19,28-29H,17-18H2,(H,35,40)/t29-/m1/s1. The molecule has 3 amide bonds. The van der Waals surface area contributed by atoms with E-state index in [2.05, 4.69) is 5.32 Å². The molecule has 9 heteroatoms. The minimum absolute atomic E-state index is 0.0570. The van der Waals surface area contributed by atoms with Gasteiger partial charge in [-0.2, -0.15) is 0 Å². The lowest BCUT2D eigenvalue weighted by Crippen LogP contribution is -2.47. The number of hydroxylamine groups is 2. The number of thiophene rings is 1. The highest BCUT2D eigenvalue weighted by Crippen LogP contribution is 2.44. The summed E-state index contributed by atoms with van der Waals surface area (Å²) >= 11 is 1.51. The van der Waals surface area contributed by atoms with Gasteiger partial charge in [0.25, 0.3) is 11.8 Å². The molecule has 2 heterocycles. The van der Waals surface area contributed by atoms with Crippen LogP contribution in [0.4, 0.5) is 4.79 Å². The third kappa shape index (κ3) is 4.73. The van der Waals surface area contributed by atoms with E-state index in [1.807, 2.05) is 78.2 Å². The van der Waals surface area contributed by atoms with E-state index in [0.717, 1.165) is 37.9 Å². The predicted molar refractivity (Wildman–Crippen MR) is 161 cm³/mol. The number of nitrogens with one attached hydrogen (secondary N) is 1. The average Bonchev–Trinajstić information content (AvgIpc) is 3.67. The molecule has 43 heavy (non-hydrogen) atoms. The number of ether oxygens (including phenoxy) is 1. The first-order valence-electron chi connectivity index (χ1n) is 13.8. The van der Waals surface area contributed by atoms with Crippen molar-refractivity contribution in [2.24, 2.45) is 0 Å². The van der Waals surface area contributed by atoms with Crippen LogP contribution in [0, 0.1) is 0 Å². The van der Waals surface area contributed by atoms with Crippen LogP contribution < -0.4 is 5.32 Å². The van der Waals surface area contributed by atoms with Gasteiger partial charge in [-0.3, -0.25) is 9.59 Å². The summed E-state index contributed by atoms with van der Waals surface area (Å²) in [6.45, 7) is 0.0570. The van der Waals surface area contributed by atoms with Crippen molar-refractivity contribution in [1.29, 1.82) is 0 Å². The quantitative estimate of drug-likeness (QED) is 0.230. The molecule has 0 unspecified atom stereocenters. The minimum atomic E-state index is -1.24. The van der Waals surface area contributed by atoms with Crippen molar-refractivity contribution in [3.8, 4) is 11.1 Å². The summed E-state index contributed by atoms with van der Waals surface area (Å²) in [7, 11) is 0. The second-order valence-corrected chi connectivity index (χ2v) is 11.3. The van der Waals surface area contributed by atoms with Gasteiger partial charge in [-0.25, -0.2) is 9.59 Å². The second-order valence-electron chi connectivity index (χ2n) is 10.3. The number of nitrogens with zero attached hydrogens (tertiary/aromatic N) is 1. The fraction of sp³-hybridized carbons (Fsp3) is 0.118. The zero-order valence-corrected chi connectivity index (χ0v) is 23.5. The summed E-state index contributed by atoms with van der Waals surface area (Å²) in [4.78, 5) is 57.7. The first kappa shape index (κ1) is 26.6. The van der Waals surface area contributed by atoms with Gasteiger partial charge in [0.1, 0.15) is 12.6 Å². The largest absolute Gasteiger partial charge is 0.449 e. The highest BCUT2D eigenvalue weighted by Gasteiger charge is 2.40. The van der Waals surface area contributed by atoms with E-state index in [-0.39, 0.29) is 30.1 Å². The Bertz CT molecular complexity index is 1850. The van der Waals surface area contributed by atoms with Gasteiger partial charge in [0.05, 0.1) is 11.1 Å². The number of carbonyl (C=O) groups is 4. The maximum atomic E-state index is 13.5. The van der Waals surface area contributed by atoms with Gasteiger partial charge in [-0.1, -0.05) is 83.9 Å². The van der Waals surface area contributed by atoms with E-state index in [4.69, 9.17) is 9.57 Å². The van der Waals surface area contributed by atoms with E-state index < -0.39 is 29.9 Å². The Morgan fingerprint density at radius 3 is 1.98 bits per heavy atom. The number of fused-ring (bicyclic) bond motifs is 5. The molecule has 1 aromatic heterocycles. The van der Waals surface area contributed by atoms with Crippen LogP contribution in [0.1, 0.15) is 43.3 Å². The van der Waals surface area contributed by atoms with Crippen LogP contribution in [0.15, 0.2) is 102 Å². The summed E-state index contributed by atoms with van der Waals surface area (Å²) < 4.78 is 6.71. The van der Waals surface area contributed by atoms with Gasteiger partial charge in [-0.15, -0.1) is 11.3 Å². The van der Waals surface area contributed by atoms with Crippen LogP contribution in [0.5, 0.6) is 0 Å². The summed E-state index contributed by atoms with van der Waals surface area (Å²) in [5.74, 6) is -2.61. The zero-order chi connectivity index (χ0) is 29.5. The monoisotopic (exact) mass is 588 g/mol. The highest BCUT2D eigenvalue weighted by atomic mass is 32.1. The van der Waals surface area contributed by atoms with Crippen LogP contribution in [-0.4, -0.2) is 41.6 Å². The van der Waals surface area contributed by atoms with Crippen LogP contribution in [0.2, 0.25) is 0 Å². The van der Waals surface area contributed by atoms with Crippen LogP contribution in [0.3, 0.4) is 0 Å². The molecule has 212 valence electrons. The van der Waals surface area contributed by atoms with Crippen LogP contribution >= 0.6 is 11.3 Å². The third-order valence-electron chi connectivity index (χ3n) is 7.84. The van der Waals surface area contributed by atoms with Crippen molar-refractivity contribution < 1.29 is 28.8 Å². The Morgan fingerprint density at radius 2 is 1.33 bits per heavy atom. The van der Waals surface area contributed by atoms with E-state index in [9.17, 15) is 19.2 Å². The molecule has 1 aliphatic carbocycles. The molecule has 0 saturated heterocycles. The minimum Gasteiger partial charge on any atom is -0.449 e. The number of benzene rings is 4. The lowest BCUT2D eigenvalue weighted by atomic mass is 9.98. The van der Waals surface area contributed by atoms with E-state index >= 15 is 0 Å². The van der Waals surface area contributed by atoms with Gasteiger partial charge < -0.3 is 14.9 Å². The fourth-order valence-corrected chi connectivity index (χ4v) is 6.77. The van der Waals surface area contributed by atoms with E-state index in [0.29, 0.717) is 5.06 Å². The Balaban J connectivity index is 1.11. The number of carbonyl (C=O) groups excluding carboxylic acids is 4. The highest BCUT2D eigenvalue weighted by molar-refractivity contribution is 7.17. The number of rotatable bonds is 7. The molecule has 4 aromatic carbocycles. The Morgan fingerprint density at radius 1 is 0.767 bits per heavy atom. The topological polar surface area (TPSA) is 102 Å². The Hall–Kier alpha value is -5.28. The fourth-order valence-electron chi connectivity index (χ4n) is 5.79. The molecule has 0 saturated carbocycles. The van der Waals surface area contributed by atoms with E-state index in [1.165, 1.54) is 23.5 Å². The van der Waals surface area contributed by atoms with Crippen molar-refractivity contribution in [1.82, 2.24) is 10.4 Å². The number of hydrogen-bond donors (Lipinski definition) is 1. The molecule has 0 bridgehead atoms. The molecule has 0 spiro atoms. The molecule has 1 aliphatic heterocycles. The maximum absolute atomic E-state index is 13.5. The third-order valence-corrected chi connectivity index (χ3v) is 8.86. The average molecular weight is 589 g/mol. The molecule has 7 rings (SSSR count). The Kier molecular flexibility index (Phi) is 6.71. The van der Waals surface area contributed by atoms with Gasteiger partial charge in [0, 0.05) is 17.0 Å². The number of amides is 3. The molecule has 1 N–H and O–H groups in total. The Labute approximate surface area is 250 Å². The lowest BCUT2D eigenvalue weighted by molar-refractivity contribution is -0.171. The summed E-state index contributed by atoms with van der Waals surface area (Å²) in [5.41, 5.74) is 5.41. The van der Waals surface area contributed by atoms with Crippen molar-refractivity contribution in [2.45, 2.75) is 18.4 Å². The summed E-state index contributed by atoms with van der Waals surface area (Å²) in [5, 5.41) is 5.93. The van der Waals surface area contributed by atoms with Crippen LogP contribution in [0.25, 0.3) is 21.2 Å². The molecule has 1 atom stereocenters. The number of hydrogen-bond acceptors (Lipinski definition) is 7. The molecule has 5 aromatic rings. The first-order valence-corrected chi connectivity index (χ1v) is 14.6. The molecule has 0 fully saturated rings. The molecule has 8 nitrogen and oxygen atoms in total. The number of alkyl carbamates (subject to hydrolysis) is 1. The van der Waals surface area contributed by atoms with Crippen molar-refractivity contribution in [2.75, 3.05) is 6.61 Å². The maximum Gasteiger partial charge on any atom is 0.407 e. The molecular weight excluding hydrogens is 564 g/mol. The van der Waals surface area contributed by atoms with Crippen molar-refractivity contribution in [3.05, 3.63) is 130 Å². The number of imide groups is 1. The first-order chi connectivity index (χ1) is 21.0. The van der Waals surface area contributed by atoms with Crippen molar-refractivity contribution >= 4 is 45.3 Å². The molecular formula is C34H24N2O6S. The molecule has 2 aliphatic rings. The smallest absolute Gasteiger partial charge is 0.407 e. The van der Waals surface area contributed by atoms with Crippen LogP contribution in [-0.2, 0) is 20.8 Å². The lowest BCUT2D eigenvalue weighted by Gasteiger charge is -2.21. The van der Waals surface area contributed by atoms with Gasteiger partial charge in [0.15, 0.2) is 0 Å². The summed E-state index contributed by atoms with van der Waals surface area (Å²) in [6.07, 6.45) is -0.748. The van der Waals surface area contributed by atoms with Gasteiger partial charge in [-0.05, 0) is 56.8 Å². The molecule has 0 radical (unpaired) electrons. The van der Waals surface area contributed by atoms with Gasteiger partial charge in [0.2, 0.25) is 0 Å². The summed E-state index contributed by atoms with van der Waals surface area (Å²) in [6, 6.07) is 28.7.